The maximum atomic E-state index is 14.1. The summed E-state index contributed by atoms with van der Waals surface area (Å²) in [5, 5.41) is 16.7. The standard InChI is InChI=1S/C32H37FN6O6/c1-18-13-20(6-7-22(18)33)15-34-28(42)25-26(40)30(44)39-16-19-8-10-32(11-9-19,31(39)35-25)36-27(41)24-14-21(45-3)17-38(24)29(43)23-5-4-12-37(23)2/h4-7,12-13,19,21,24,40H,8-11,14-17H2,1-3H3,(H,34,42)(H,36,41)/t19?,21-,24?,32?/m0/s1. The largest absolute Gasteiger partial charge is 0.501 e. The molecule has 0 spiro atoms. The summed E-state index contributed by atoms with van der Waals surface area (Å²) in [6.45, 7) is 2.18. The van der Waals surface area contributed by atoms with Gasteiger partial charge in [0.25, 0.3) is 17.4 Å². The average Bonchev–Trinajstić information content (AvgIpc) is 3.60. The van der Waals surface area contributed by atoms with Crippen LogP contribution < -0.4 is 16.2 Å². The van der Waals surface area contributed by atoms with Crippen molar-refractivity contribution in [1.29, 1.82) is 0 Å². The summed E-state index contributed by atoms with van der Waals surface area (Å²) >= 11 is 0. The van der Waals surface area contributed by atoms with E-state index in [2.05, 4.69) is 15.6 Å². The van der Waals surface area contributed by atoms with E-state index in [1.54, 1.807) is 50.0 Å². The Morgan fingerprint density at radius 1 is 1.18 bits per heavy atom. The van der Waals surface area contributed by atoms with E-state index in [0.717, 1.165) is 0 Å². The number of aromatic nitrogens is 3. The quantitative estimate of drug-likeness (QED) is 0.367. The third-order valence-corrected chi connectivity index (χ3v) is 9.55. The lowest BCUT2D eigenvalue weighted by molar-refractivity contribution is -0.127. The molecule has 12 nitrogen and oxygen atoms in total. The number of halogens is 1. The Morgan fingerprint density at radius 3 is 2.60 bits per heavy atom. The Balaban J connectivity index is 1.31. The molecule has 1 saturated heterocycles. The summed E-state index contributed by atoms with van der Waals surface area (Å²) in [7, 11) is 3.31. The van der Waals surface area contributed by atoms with Crippen molar-refractivity contribution in [2.24, 2.45) is 13.0 Å². The highest BCUT2D eigenvalue weighted by atomic mass is 19.1. The number of aryl methyl sites for hydroxylation is 2. The van der Waals surface area contributed by atoms with Crippen LogP contribution in [0.4, 0.5) is 4.39 Å². The molecular weight excluding hydrogens is 583 g/mol. The number of rotatable bonds is 7. The van der Waals surface area contributed by atoms with Crippen molar-refractivity contribution in [2.75, 3.05) is 13.7 Å². The van der Waals surface area contributed by atoms with Gasteiger partial charge >= 0.3 is 0 Å². The van der Waals surface area contributed by atoms with Gasteiger partial charge in [0.15, 0.2) is 5.69 Å². The second-order valence-corrected chi connectivity index (χ2v) is 12.4. The molecule has 7 rings (SSSR count). The number of nitrogens with zero attached hydrogens (tertiary/aromatic N) is 4. The molecule has 3 N–H and O–H groups in total. The molecule has 4 aliphatic rings. The zero-order chi connectivity index (χ0) is 32.0. The van der Waals surface area contributed by atoms with Crippen molar-refractivity contribution in [3.8, 4) is 5.75 Å². The third-order valence-electron chi connectivity index (χ3n) is 9.55. The number of nitrogens with one attached hydrogen (secondary N) is 2. The van der Waals surface area contributed by atoms with E-state index in [1.165, 1.54) is 21.6 Å². The number of amides is 3. The van der Waals surface area contributed by atoms with E-state index in [9.17, 15) is 28.7 Å². The van der Waals surface area contributed by atoms with E-state index in [-0.39, 0.29) is 42.7 Å². The molecule has 45 heavy (non-hydrogen) atoms. The van der Waals surface area contributed by atoms with Crippen molar-refractivity contribution >= 4 is 17.7 Å². The van der Waals surface area contributed by atoms with Gasteiger partial charge in [-0.2, -0.15) is 0 Å². The maximum absolute atomic E-state index is 14.1. The van der Waals surface area contributed by atoms with Crippen LogP contribution in [0.1, 0.15) is 70.0 Å². The van der Waals surface area contributed by atoms with Crippen molar-refractivity contribution in [1.82, 2.24) is 29.7 Å². The number of likely N-dealkylation sites (tertiary alicyclic amines) is 1. The van der Waals surface area contributed by atoms with Gasteiger partial charge in [-0.15, -0.1) is 0 Å². The lowest BCUT2D eigenvalue weighted by Gasteiger charge is -2.38. The lowest BCUT2D eigenvalue weighted by Crippen LogP contribution is -2.55. The second kappa shape index (κ2) is 11.8. The highest BCUT2D eigenvalue weighted by Gasteiger charge is 2.49. The predicted molar refractivity (Wildman–Crippen MR) is 160 cm³/mol. The van der Waals surface area contributed by atoms with Gasteiger partial charge in [-0.1, -0.05) is 12.1 Å². The van der Waals surface area contributed by atoms with Crippen LogP contribution in [0.2, 0.25) is 0 Å². The van der Waals surface area contributed by atoms with Crippen LogP contribution in [0.3, 0.4) is 0 Å². The Hall–Kier alpha value is -4.52. The first-order valence-corrected chi connectivity index (χ1v) is 15.2. The number of ether oxygens (including phenoxy) is 1. The maximum Gasteiger partial charge on any atom is 0.296 e. The first-order chi connectivity index (χ1) is 21.5. The molecule has 1 aliphatic carbocycles. The van der Waals surface area contributed by atoms with E-state index < -0.39 is 40.4 Å². The molecular formula is C32H37FN6O6. The summed E-state index contributed by atoms with van der Waals surface area (Å²) in [4.78, 5) is 60.5. The van der Waals surface area contributed by atoms with Crippen molar-refractivity contribution < 1.29 is 28.6 Å². The van der Waals surface area contributed by atoms with Gasteiger partial charge < -0.3 is 29.9 Å². The highest BCUT2D eigenvalue weighted by Crippen LogP contribution is 2.43. The Labute approximate surface area is 259 Å². The number of hydrogen-bond acceptors (Lipinski definition) is 7. The summed E-state index contributed by atoms with van der Waals surface area (Å²) in [6, 6.07) is 7.07. The van der Waals surface area contributed by atoms with E-state index in [1.807, 2.05) is 0 Å². The highest BCUT2D eigenvalue weighted by molar-refractivity contribution is 5.97. The molecule has 238 valence electrons. The van der Waals surface area contributed by atoms with Crippen LogP contribution in [0.25, 0.3) is 0 Å². The number of benzene rings is 1. The normalized spacial score (nSPS) is 23.8. The van der Waals surface area contributed by atoms with Crippen LogP contribution in [0.5, 0.6) is 5.75 Å². The minimum Gasteiger partial charge on any atom is -0.501 e. The van der Waals surface area contributed by atoms with E-state index in [0.29, 0.717) is 55.5 Å². The number of carbonyl (C=O) groups excluding carboxylic acids is 3. The van der Waals surface area contributed by atoms with Gasteiger partial charge in [0, 0.05) is 46.4 Å². The fourth-order valence-electron chi connectivity index (χ4n) is 6.93. The first kappa shape index (κ1) is 30.5. The number of aromatic hydroxyl groups is 1. The smallest absolute Gasteiger partial charge is 0.296 e. The molecule has 2 fully saturated rings. The molecule has 1 aromatic carbocycles. The molecule has 2 bridgehead atoms. The van der Waals surface area contributed by atoms with Crippen LogP contribution in [-0.4, -0.2) is 67.6 Å². The fourth-order valence-corrected chi connectivity index (χ4v) is 6.93. The zero-order valence-corrected chi connectivity index (χ0v) is 25.5. The van der Waals surface area contributed by atoms with Crippen LogP contribution >= 0.6 is 0 Å². The van der Waals surface area contributed by atoms with Crippen LogP contribution in [0, 0.1) is 18.7 Å². The van der Waals surface area contributed by atoms with E-state index in [4.69, 9.17) is 4.74 Å². The lowest BCUT2D eigenvalue weighted by atomic mass is 9.77. The van der Waals surface area contributed by atoms with Crippen molar-refractivity contribution in [3.05, 3.63) is 81.0 Å². The molecule has 1 saturated carbocycles. The first-order valence-electron chi connectivity index (χ1n) is 15.2. The van der Waals surface area contributed by atoms with Gasteiger partial charge in [-0.25, -0.2) is 9.37 Å². The molecule has 2 aromatic heterocycles. The SMILES string of the molecule is CO[C@H]1CC(C(=O)NC23CCC(CC2)Cn2c3nc(C(=O)NCc3ccc(F)c(C)c3)c(O)c2=O)N(C(=O)c2cccn2C)C1. The molecule has 3 aliphatic heterocycles. The van der Waals surface area contributed by atoms with Crippen molar-refractivity contribution in [3.63, 3.8) is 0 Å². The van der Waals surface area contributed by atoms with Crippen LogP contribution in [0.15, 0.2) is 41.3 Å². The van der Waals surface area contributed by atoms with Gasteiger partial charge in [0.1, 0.15) is 23.4 Å². The fraction of sp³-hybridized carbons (Fsp3) is 0.469. The number of fused-ring (bicyclic) bond motifs is 2. The van der Waals surface area contributed by atoms with E-state index >= 15 is 0 Å². The molecule has 5 heterocycles. The number of hydrogen-bond donors (Lipinski definition) is 3. The minimum atomic E-state index is -1.09. The number of methoxy groups -OCH3 is 1. The Bertz CT molecular complexity index is 1730. The molecule has 2 atom stereocenters. The summed E-state index contributed by atoms with van der Waals surface area (Å²) in [5.74, 6) is -2.25. The second-order valence-electron chi connectivity index (χ2n) is 12.4. The van der Waals surface area contributed by atoms with Crippen LogP contribution in [-0.2, 0) is 35.2 Å². The predicted octanol–water partition coefficient (Wildman–Crippen LogP) is 2.11. The average molecular weight is 621 g/mol. The summed E-state index contributed by atoms with van der Waals surface area (Å²) in [6.07, 6.45) is 4.07. The monoisotopic (exact) mass is 620 g/mol. The Kier molecular flexibility index (Phi) is 7.98. The van der Waals surface area contributed by atoms with Gasteiger partial charge in [0.05, 0.1) is 11.6 Å². The molecule has 1 unspecified atom stereocenters. The summed E-state index contributed by atoms with van der Waals surface area (Å²) in [5.41, 5.74) is -0.789. The molecule has 3 amide bonds. The van der Waals surface area contributed by atoms with Crippen molar-refractivity contribution in [2.45, 2.75) is 69.8 Å². The number of carbonyl (C=O) groups is 3. The Morgan fingerprint density at radius 2 is 1.93 bits per heavy atom. The zero-order valence-electron chi connectivity index (χ0n) is 25.5. The minimum absolute atomic E-state index is 0.0246. The summed E-state index contributed by atoms with van der Waals surface area (Å²) < 4.78 is 22.3. The van der Waals surface area contributed by atoms with Gasteiger partial charge in [-0.05, 0) is 67.9 Å². The molecule has 3 aromatic rings. The third kappa shape index (κ3) is 5.49. The molecule has 13 heteroatoms. The topological polar surface area (TPSA) is 148 Å². The molecule has 0 radical (unpaired) electrons. The van der Waals surface area contributed by atoms with Gasteiger partial charge in [-0.3, -0.25) is 23.7 Å². The van der Waals surface area contributed by atoms with Gasteiger partial charge in [0.2, 0.25) is 11.7 Å².